The molecule has 0 fully saturated rings. The van der Waals surface area contributed by atoms with E-state index < -0.39 is 0 Å². The highest BCUT2D eigenvalue weighted by molar-refractivity contribution is 5.92. The second-order valence-corrected chi connectivity index (χ2v) is 1.54. The number of rotatable bonds is 3. The number of guanidine groups is 2. The molecule has 7 N–H and O–H groups in total. The second-order valence-electron chi connectivity index (χ2n) is 1.54. The van der Waals surface area contributed by atoms with Crippen molar-refractivity contribution in [2.75, 3.05) is 13.2 Å². The lowest BCUT2D eigenvalue weighted by Gasteiger charge is -1.94. The molecule has 7 heteroatoms. The van der Waals surface area contributed by atoms with Gasteiger partial charge in [-0.05, 0) is 5.16 Å². The van der Waals surface area contributed by atoms with E-state index in [9.17, 15) is 0 Å². The van der Waals surface area contributed by atoms with E-state index >= 15 is 0 Å². The zero-order valence-electron chi connectivity index (χ0n) is 5.90. The van der Waals surface area contributed by atoms with Gasteiger partial charge in [0.05, 0.1) is 6.61 Å². The van der Waals surface area contributed by atoms with Crippen LogP contribution in [0.25, 0.3) is 0 Å². The van der Waals surface area contributed by atoms with Gasteiger partial charge in [0, 0.05) is 0 Å². The van der Waals surface area contributed by atoms with Gasteiger partial charge < -0.3 is 27.1 Å². The number of aliphatic hydroxyl groups is 1. The molecule has 0 amide bonds. The van der Waals surface area contributed by atoms with Crippen LogP contribution in [0.5, 0.6) is 0 Å². The first kappa shape index (κ1) is 9.50. The smallest absolute Gasteiger partial charge is 0.260 e. The van der Waals surface area contributed by atoms with Crippen LogP contribution in [0.4, 0.5) is 0 Å². The number of hydrogen-bond donors (Lipinski definition) is 4. The molecule has 0 aromatic rings. The third-order valence-electron chi connectivity index (χ3n) is 0.584. The Hall–Kier alpha value is -1.50. The van der Waals surface area contributed by atoms with Crippen molar-refractivity contribution < 1.29 is 9.94 Å². The van der Waals surface area contributed by atoms with Gasteiger partial charge in [-0.3, -0.25) is 0 Å². The summed E-state index contributed by atoms with van der Waals surface area (Å²) in [5, 5.41) is 11.5. The second kappa shape index (κ2) is 5.30. The summed E-state index contributed by atoms with van der Waals surface area (Å²) in [6.45, 7) is -0.0840. The molecular weight excluding hydrogens is 150 g/mol. The van der Waals surface area contributed by atoms with E-state index in [4.69, 9.17) is 22.3 Å². The summed E-state index contributed by atoms with van der Waals surface area (Å²) in [6, 6.07) is 0. The number of aliphatic imine (C=N–C) groups is 1. The summed E-state index contributed by atoms with van der Waals surface area (Å²) < 4.78 is 0. The van der Waals surface area contributed by atoms with Crippen molar-refractivity contribution in [1.82, 2.24) is 0 Å². The number of hydrogen-bond acceptors (Lipinski definition) is 3. The predicted octanol–water partition coefficient (Wildman–Crippen LogP) is -2.50. The van der Waals surface area contributed by atoms with Gasteiger partial charge >= 0.3 is 0 Å². The minimum atomic E-state index is -0.196. The van der Waals surface area contributed by atoms with Crippen LogP contribution in [-0.4, -0.2) is 30.2 Å². The Balaban J connectivity index is 3.72. The third kappa shape index (κ3) is 6.38. The Labute approximate surface area is 63.5 Å². The molecule has 0 rings (SSSR count). The molecule has 0 unspecified atom stereocenters. The molecule has 0 aliphatic carbocycles. The molecule has 0 saturated carbocycles. The van der Waals surface area contributed by atoms with E-state index in [1.165, 1.54) is 0 Å². The highest BCUT2D eigenvalue weighted by atomic mass is 16.6. The Bertz CT molecular complexity index is 162. The molecule has 0 bridgehead atoms. The lowest BCUT2D eigenvalue weighted by molar-refractivity contribution is 0.0981. The van der Waals surface area contributed by atoms with E-state index in [1.54, 1.807) is 0 Å². The summed E-state index contributed by atoms with van der Waals surface area (Å²) >= 11 is 0. The fourth-order valence-electron chi connectivity index (χ4n) is 0.305. The number of nitrogens with zero attached hydrogens (tertiary/aromatic N) is 2. The molecule has 0 radical (unpaired) electrons. The van der Waals surface area contributed by atoms with Gasteiger partial charge in [0.2, 0.25) is 0 Å². The minimum Gasteiger partial charge on any atom is -0.393 e. The molecule has 64 valence electrons. The fraction of sp³-hybridized carbons (Fsp3) is 0.500. The SMILES string of the molecule is NC(N)=NC(N)=NOCCO. The molecule has 11 heavy (non-hydrogen) atoms. The fourth-order valence-corrected chi connectivity index (χ4v) is 0.305. The average molecular weight is 161 g/mol. The molecule has 0 aliphatic rings. The van der Waals surface area contributed by atoms with Crippen molar-refractivity contribution >= 4 is 11.9 Å². The molecule has 0 saturated heterocycles. The predicted molar refractivity (Wildman–Crippen MR) is 40.5 cm³/mol. The van der Waals surface area contributed by atoms with Crippen molar-refractivity contribution in [2.45, 2.75) is 0 Å². The standard InChI is InChI=1S/C4H11N5O2/c5-3(6)8-4(7)9-11-2-1-10/h10H,1-2H2,(H6,5,6,7,8,9). The lowest BCUT2D eigenvalue weighted by Crippen LogP contribution is -2.26. The Morgan fingerprint density at radius 3 is 2.45 bits per heavy atom. The van der Waals surface area contributed by atoms with Crippen LogP contribution in [0.15, 0.2) is 10.1 Å². The van der Waals surface area contributed by atoms with Crippen LogP contribution >= 0.6 is 0 Å². The van der Waals surface area contributed by atoms with E-state index in [2.05, 4.69) is 15.0 Å². The van der Waals surface area contributed by atoms with Crippen LogP contribution in [0.3, 0.4) is 0 Å². The zero-order valence-corrected chi connectivity index (χ0v) is 5.90. The topological polar surface area (TPSA) is 132 Å². The maximum Gasteiger partial charge on any atom is 0.260 e. The Morgan fingerprint density at radius 1 is 1.36 bits per heavy atom. The van der Waals surface area contributed by atoms with E-state index in [0.717, 1.165) is 0 Å². The van der Waals surface area contributed by atoms with E-state index in [1.807, 2.05) is 0 Å². The van der Waals surface area contributed by atoms with Crippen LogP contribution in [0.2, 0.25) is 0 Å². The van der Waals surface area contributed by atoms with Gasteiger partial charge in [-0.2, -0.15) is 4.99 Å². The minimum absolute atomic E-state index is 0.0562. The Morgan fingerprint density at radius 2 is 2.00 bits per heavy atom. The quantitative estimate of drug-likeness (QED) is 0.157. The monoisotopic (exact) mass is 161 g/mol. The van der Waals surface area contributed by atoms with Crippen molar-refractivity contribution in [2.24, 2.45) is 27.3 Å². The van der Waals surface area contributed by atoms with Crippen LogP contribution in [0.1, 0.15) is 0 Å². The van der Waals surface area contributed by atoms with Gasteiger partial charge in [0.1, 0.15) is 6.61 Å². The first-order valence-electron chi connectivity index (χ1n) is 2.82. The molecule has 0 heterocycles. The molecule has 7 nitrogen and oxygen atoms in total. The molecule has 0 aliphatic heterocycles. The van der Waals surface area contributed by atoms with E-state index in [0.29, 0.717) is 0 Å². The lowest BCUT2D eigenvalue weighted by atomic mass is 10.8. The van der Waals surface area contributed by atoms with E-state index in [-0.39, 0.29) is 25.1 Å². The third-order valence-corrected chi connectivity index (χ3v) is 0.584. The van der Waals surface area contributed by atoms with Crippen molar-refractivity contribution in [3.8, 4) is 0 Å². The van der Waals surface area contributed by atoms with Crippen LogP contribution < -0.4 is 17.2 Å². The zero-order chi connectivity index (χ0) is 8.69. The normalized spacial score (nSPS) is 10.8. The number of oxime groups is 1. The summed E-state index contributed by atoms with van der Waals surface area (Å²) in [4.78, 5) is 7.78. The molecule has 0 aromatic carbocycles. The maximum absolute atomic E-state index is 8.24. The van der Waals surface area contributed by atoms with Gasteiger partial charge in [-0.25, -0.2) is 0 Å². The van der Waals surface area contributed by atoms with Gasteiger partial charge in [0.25, 0.3) is 5.96 Å². The van der Waals surface area contributed by atoms with Gasteiger partial charge in [-0.15, -0.1) is 0 Å². The summed E-state index contributed by atoms with van der Waals surface area (Å²) in [6.07, 6.45) is 0. The molecule has 0 spiro atoms. The summed E-state index contributed by atoms with van der Waals surface area (Å²) in [5.74, 6) is -0.378. The highest BCUT2D eigenvalue weighted by Gasteiger charge is 1.87. The van der Waals surface area contributed by atoms with Crippen LogP contribution in [0, 0.1) is 0 Å². The molecular formula is C4H11N5O2. The first-order valence-corrected chi connectivity index (χ1v) is 2.82. The number of nitrogens with two attached hydrogens (primary N) is 3. The maximum atomic E-state index is 8.24. The van der Waals surface area contributed by atoms with Crippen molar-refractivity contribution in [3.05, 3.63) is 0 Å². The molecule has 0 aromatic heterocycles. The first-order chi connectivity index (χ1) is 5.16. The van der Waals surface area contributed by atoms with Gasteiger partial charge in [0.15, 0.2) is 5.96 Å². The van der Waals surface area contributed by atoms with Crippen molar-refractivity contribution in [1.29, 1.82) is 0 Å². The largest absolute Gasteiger partial charge is 0.393 e. The highest BCUT2D eigenvalue weighted by Crippen LogP contribution is 1.76. The molecule has 0 atom stereocenters. The number of aliphatic hydroxyl groups excluding tert-OH is 1. The summed E-state index contributed by atoms with van der Waals surface area (Å²) in [5.41, 5.74) is 15.0. The van der Waals surface area contributed by atoms with Gasteiger partial charge in [-0.1, -0.05) is 0 Å². The Kier molecular flexibility index (Phi) is 4.58. The average Bonchev–Trinajstić information content (AvgIpc) is 1.86. The summed E-state index contributed by atoms with van der Waals surface area (Å²) in [7, 11) is 0. The van der Waals surface area contributed by atoms with Crippen molar-refractivity contribution in [3.63, 3.8) is 0 Å². The van der Waals surface area contributed by atoms with Crippen LogP contribution in [-0.2, 0) is 4.84 Å².